The number of pyridine rings is 1. The zero-order valence-corrected chi connectivity index (χ0v) is 11.1. The molecule has 1 heterocycles. The molecule has 0 atom stereocenters. The van der Waals surface area contributed by atoms with E-state index in [9.17, 15) is 9.59 Å². The molecule has 1 rings (SSSR count). The number of carbonyl (C=O) groups is 2. The molecule has 0 aliphatic heterocycles. The van der Waals surface area contributed by atoms with Crippen molar-refractivity contribution in [2.24, 2.45) is 5.41 Å². The van der Waals surface area contributed by atoms with Crippen molar-refractivity contribution < 1.29 is 14.7 Å². The van der Waals surface area contributed by atoms with E-state index >= 15 is 0 Å². The Kier molecular flexibility index (Phi) is 4.22. The van der Waals surface area contributed by atoms with Gasteiger partial charge >= 0.3 is 5.97 Å². The van der Waals surface area contributed by atoms with Gasteiger partial charge in [0, 0.05) is 12.7 Å². The molecule has 1 aromatic heterocycles. The molecule has 0 aromatic carbocycles. The lowest BCUT2D eigenvalue weighted by molar-refractivity contribution is -0.146. The highest BCUT2D eigenvalue weighted by Crippen LogP contribution is 2.15. The van der Waals surface area contributed by atoms with Crippen LogP contribution in [0.3, 0.4) is 0 Å². The highest BCUT2D eigenvalue weighted by Gasteiger charge is 2.27. The Labute approximate surface area is 107 Å². The second kappa shape index (κ2) is 5.27. The molecule has 0 aliphatic carbocycles. The lowest BCUT2D eigenvalue weighted by Crippen LogP contribution is -2.39. The summed E-state index contributed by atoms with van der Waals surface area (Å²) in [6, 6.07) is 3.25. The summed E-state index contributed by atoms with van der Waals surface area (Å²) in [4.78, 5) is 26.5. The highest BCUT2D eigenvalue weighted by molar-refractivity contribution is 9.10. The standard InChI is InChI=1S/C11H13BrN2O3/c1-11(2,10(16)17)6-14-9(15)7-4-3-5-13-8(7)12/h3-5H,6H2,1-2H3,(H,14,15)(H,16,17). The molecule has 92 valence electrons. The SMILES string of the molecule is CC(C)(CNC(=O)c1cccnc1Br)C(=O)O. The summed E-state index contributed by atoms with van der Waals surface area (Å²) in [7, 11) is 0. The van der Waals surface area contributed by atoms with Gasteiger partial charge < -0.3 is 10.4 Å². The van der Waals surface area contributed by atoms with Crippen LogP contribution in [0, 0.1) is 5.41 Å². The molecule has 0 unspecified atom stereocenters. The van der Waals surface area contributed by atoms with E-state index in [2.05, 4.69) is 26.2 Å². The number of carbonyl (C=O) groups excluding carboxylic acids is 1. The number of hydrogen-bond donors (Lipinski definition) is 2. The molecular formula is C11H13BrN2O3. The predicted molar refractivity (Wildman–Crippen MR) is 65.7 cm³/mol. The van der Waals surface area contributed by atoms with E-state index in [0.717, 1.165) is 0 Å². The second-order valence-corrected chi connectivity index (χ2v) is 4.96. The number of rotatable bonds is 4. The average Bonchev–Trinajstić information content (AvgIpc) is 2.26. The number of nitrogens with one attached hydrogen (secondary N) is 1. The molecule has 1 amide bonds. The van der Waals surface area contributed by atoms with Gasteiger partial charge in [-0.25, -0.2) is 4.98 Å². The number of amides is 1. The first-order chi connectivity index (χ1) is 7.84. The molecule has 0 spiro atoms. The van der Waals surface area contributed by atoms with Gasteiger partial charge in [-0.15, -0.1) is 0 Å². The third-order valence-corrected chi connectivity index (χ3v) is 2.91. The van der Waals surface area contributed by atoms with Crippen LogP contribution in [-0.4, -0.2) is 28.5 Å². The van der Waals surface area contributed by atoms with Crippen molar-refractivity contribution in [3.8, 4) is 0 Å². The Morgan fingerprint density at radius 1 is 1.53 bits per heavy atom. The van der Waals surface area contributed by atoms with Gasteiger partial charge in [-0.3, -0.25) is 9.59 Å². The lowest BCUT2D eigenvalue weighted by atomic mass is 9.94. The minimum atomic E-state index is -0.996. The van der Waals surface area contributed by atoms with Crippen molar-refractivity contribution in [1.29, 1.82) is 0 Å². The molecule has 0 saturated carbocycles. The quantitative estimate of drug-likeness (QED) is 0.829. The first-order valence-electron chi connectivity index (χ1n) is 4.97. The minimum absolute atomic E-state index is 0.0580. The number of nitrogens with zero attached hydrogens (tertiary/aromatic N) is 1. The number of carboxylic acid groups (broad SMARTS) is 1. The topological polar surface area (TPSA) is 79.3 Å². The number of aromatic nitrogens is 1. The van der Waals surface area contributed by atoms with Crippen molar-refractivity contribution in [1.82, 2.24) is 10.3 Å². The molecule has 0 bridgehead atoms. The minimum Gasteiger partial charge on any atom is -0.481 e. The van der Waals surface area contributed by atoms with Crippen LogP contribution in [0.25, 0.3) is 0 Å². The number of carboxylic acids is 1. The fourth-order valence-corrected chi connectivity index (χ4v) is 1.46. The third kappa shape index (κ3) is 3.52. The average molecular weight is 301 g/mol. The molecule has 1 aromatic rings. The van der Waals surface area contributed by atoms with E-state index in [1.807, 2.05) is 0 Å². The van der Waals surface area contributed by atoms with E-state index in [0.29, 0.717) is 10.2 Å². The molecule has 2 N–H and O–H groups in total. The first-order valence-corrected chi connectivity index (χ1v) is 5.76. The molecule has 5 nitrogen and oxygen atoms in total. The van der Waals surface area contributed by atoms with Crippen LogP contribution >= 0.6 is 15.9 Å². The van der Waals surface area contributed by atoms with Crippen molar-refractivity contribution in [3.05, 3.63) is 28.5 Å². The summed E-state index contributed by atoms with van der Waals surface area (Å²) in [5.41, 5.74) is -0.613. The molecule has 0 saturated heterocycles. The Hall–Kier alpha value is -1.43. The first kappa shape index (κ1) is 13.6. The summed E-state index contributed by atoms with van der Waals surface area (Å²) in [5, 5.41) is 11.5. The summed E-state index contributed by atoms with van der Waals surface area (Å²) in [6.07, 6.45) is 1.56. The maximum Gasteiger partial charge on any atom is 0.310 e. The number of halogens is 1. The van der Waals surface area contributed by atoms with Crippen LogP contribution < -0.4 is 5.32 Å². The van der Waals surface area contributed by atoms with Crippen LogP contribution in [0.4, 0.5) is 0 Å². The van der Waals surface area contributed by atoms with Crippen molar-refractivity contribution in [3.63, 3.8) is 0 Å². The maximum absolute atomic E-state index is 11.8. The molecule has 0 fully saturated rings. The summed E-state index contributed by atoms with van der Waals surface area (Å²) in [5.74, 6) is -1.30. The van der Waals surface area contributed by atoms with Gasteiger partial charge in [0.2, 0.25) is 0 Å². The Balaban J connectivity index is 2.69. The maximum atomic E-state index is 11.8. The van der Waals surface area contributed by atoms with E-state index in [-0.39, 0.29) is 12.5 Å². The van der Waals surface area contributed by atoms with Crippen molar-refractivity contribution in [2.75, 3.05) is 6.54 Å². The van der Waals surface area contributed by atoms with Crippen LogP contribution in [0.15, 0.2) is 22.9 Å². The lowest BCUT2D eigenvalue weighted by Gasteiger charge is -2.19. The van der Waals surface area contributed by atoms with Gasteiger partial charge in [0.15, 0.2) is 0 Å². The van der Waals surface area contributed by atoms with Crippen molar-refractivity contribution in [2.45, 2.75) is 13.8 Å². The number of aliphatic carboxylic acids is 1. The Morgan fingerprint density at radius 2 is 2.18 bits per heavy atom. The normalized spacial score (nSPS) is 11.0. The van der Waals surface area contributed by atoms with Gasteiger partial charge in [0.05, 0.1) is 11.0 Å². The van der Waals surface area contributed by atoms with Crippen LogP contribution in [0.2, 0.25) is 0 Å². The summed E-state index contributed by atoms with van der Waals surface area (Å²) >= 11 is 3.16. The number of hydrogen-bond acceptors (Lipinski definition) is 3. The molecule has 6 heteroatoms. The van der Waals surface area contributed by atoms with Gasteiger partial charge in [0.1, 0.15) is 4.60 Å². The van der Waals surface area contributed by atoms with Crippen molar-refractivity contribution >= 4 is 27.8 Å². The van der Waals surface area contributed by atoms with Gasteiger partial charge in [-0.1, -0.05) is 0 Å². The van der Waals surface area contributed by atoms with Crippen LogP contribution in [0.5, 0.6) is 0 Å². The van der Waals surface area contributed by atoms with E-state index in [1.165, 1.54) is 0 Å². The third-order valence-electron chi connectivity index (χ3n) is 2.27. The largest absolute Gasteiger partial charge is 0.481 e. The highest BCUT2D eigenvalue weighted by atomic mass is 79.9. The van der Waals surface area contributed by atoms with Gasteiger partial charge in [-0.05, 0) is 41.9 Å². The predicted octanol–water partition coefficient (Wildman–Crippen LogP) is 1.68. The van der Waals surface area contributed by atoms with Gasteiger partial charge in [0.25, 0.3) is 5.91 Å². The van der Waals surface area contributed by atoms with Crippen LogP contribution in [-0.2, 0) is 4.79 Å². The second-order valence-electron chi connectivity index (χ2n) is 4.21. The zero-order chi connectivity index (χ0) is 13.1. The van der Waals surface area contributed by atoms with E-state index < -0.39 is 11.4 Å². The Bertz CT molecular complexity index is 446. The monoisotopic (exact) mass is 300 g/mol. The van der Waals surface area contributed by atoms with Gasteiger partial charge in [-0.2, -0.15) is 0 Å². The fourth-order valence-electron chi connectivity index (χ4n) is 1.03. The Morgan fingerprint density at radius 3 is 2.71 bits per heavy atom. The smallest absolute Gasteiger partial charge is 0.310 e. The van der Waals surface area contributed by atoms with E-state index in [1.54, 1.807) is 32.2 Å². The molecular weight excluding hydrogens is 288 g/mol. The fraction of sp³-hybridized carbons (Fsp3) is 0.364. The molecule has 17 heavy (non-hydrogen) atoms. The zero-order valence-electron chi connectivity index (χ0n) is 9.53. The van der Waals surface area contributed by atoms with Crippen LogP contribution in [0.1, 0.15) is 24.2 Å². The summed E-state index contributed by atoms with van der Waals surface area (Å²) < 4.78 is 0.436. The van der Waals surface area contributed by atoms with E-state index in [4.69, 9.17) is 5.11 Å². The molecule has 0 radical (unpaired) electrons. The summed E-state index contributed by atoms with van der Waals surface area (Å²) in [6.45, 7) is 3.16. The molecule has 0 aliphatic rings.